The highest BCUT2D eigenvalue weighted by atomic mass is 19.1. The summed E-state index contributed by atoms with van der Waals surface area (Å²) in [5.74, 6) is -0.647. The maximum absolute atomic E-state index is 13.7. The first kappa shape index (κ1) is 17.9. The lowest BCUT2D eigenvalue weighted by Crippen LogP contribution is -3.17. The van der Waals surface area contributed by atoms with Crippen molar-refractivity contribution in [3.05, 3.63) is 65.7 Å². The number of carbonyl (C=O) groups is 1. The lowest BCUT2D eigenvalue weighted by Gasteiger charge is -2.36. The zero-order valence-corrected chi connectivity index (χ0v) is 15.1. The van der Waals surface area contributed by atoms with Gasteiger partial charge in [0.25, 0.3) is 0 Å². The third kappa shape index (κ3) is 4.11. The highest BCUT2D eigenvalue weighted by Crippen LogP contribution is 2.24. The number of anilines is 1. The molecule has 2 unspecified atom stereocenters. The topological polar surface area (TPSA) is 45.6 Å². The average Bonchev–Trinajstić information content (AvgIpc) is 2.87. The molecule has 2 aliphatic rings. The van der Waals surface area contributed by atoms with Gasteiger partial charge in [0.2, 0.25) is 0 Å². The average molecular weight is 372 g/mol. The van der Waals surface area contributed by atoms with Gasteiger partial charge in [-0.2, -0.15) is 0 Å². The molecule has 0 radical (unpaired) electrons. The van der Waals surface area contributed by atoms with Crippen molar-refractivity contribution in [3.8, 4) is 0 Å². The second-order valence-electron chi connectivity index (χ2n) is 7.60. The van der Waals surface area contributed by atoms with Gasteiger partial charge in [-0.3, -0.25) is 0 Å². The van der Waals surface area contributed by atoms with Gasteiger partial charge in [-0.05, 0) is 24.3 Å². The number of piperidine rings is 1. The van der Waals surface area contributed by atoms with E-state index in [0.717, 1.165) is 37.8 Å². The molecule has 2 aromatic rings. The van der Waals surface area contributed by atoms with E-state index >= 15 is 0 Å². The molecule has 142 valence electrons. The molecule has 2 saturated heterocycles. The molecule has 2 fully saturated rings. The molecule has 2 aliphatic heterocycles. The molecule has 0 aromatic heterocycles. The fourth-order valence-electron chi connectivity index (χ4n) is 4.58. The number of para-hydroxylation sites is 1. The Morgan fingerprint density at radius 2 is 1.67 bits per heavy atom. The number of quaternary nitrogens is 1. The smallest absolute Gasteiger partial charge is 0.319 e. The van der Waals surface area contributed by atoms with Gasteiger partial charge in [0.15, 0.2) is 0 Å². The minimum Gasteiger partial charge on any atom is -0.335 e. The van der Waals surface area contributed by atoms with Crippen LogP contribution < -0.4 is 15.5 Å². The first-order chi connectivity index (χ1) is 13.1. The Morgan fingerprint density at radius 1 is 1.00 bits per heavy atom. The highest BCUT2D eigenvalue weighted by molar-refractivity contribution is 5.89. The van der Waals surface area contributed by atoms with Crippen molar-refractivity contribution in [2.45, 2.75) is 50.4 Å². The van der Waals surface area contributed by atoms with Crippen LogP contribution in [0.4, 0.5) is 19.3 Å². The first-order valence-electron chi connectivity index (χ1n) is 9.50. The molecular formula is C21H24F2N3O+. The molecule has 2 amide bonds. The monoisotopic (exact) mass is 372 g/mol. The van der Waals surface area contributed by atoms with E-state index in [1.807, 2.05) is 12.1 Å². The van der Waals surface area contributed by atoms with Crippen LogP contribution in [0.5, 0.6) is 0 Å². The van der Waals surface area contributed by atoms with E-state index in [0.29, 0.717) is 12.1 Å². The fourth-order valence-corrected chi connectivity index (χ4v) is 4.58. The number of fused-ring (bicyclic) bond motifs is 2. The van der Waals surface area contributed by atoms with E-state index in [2.05, 4.69) is 10.6 Å². The van der Waals surface area contributed by atoms with Gasteiger partial charge >= 0.3 is 6.03 Å². The molecule has 2 bridgehead atoms. The van der Waals surface area contributed by atoms with Crippen molar-refractivity contribution in [3.63, 3.8) is 0 Å². The minimum absolute atomic E-state index is 0.103. The quantitative estimate of drug-likeness (QED) is 0.759. The van der Waals surface area contributed by atoms with Crippen molar-refractivity contribution in [1.29, 1.82) is 0 Å². The summed E-state index contributed by atoms with van der Waals surface area (Å²) < 4.78 is 26.8. The number of benzene rings is 2. The van der Waals surface area contributed by atoms with Gasteiger partial charge < -0.3 is 15.5 Å². The number of urea groups is 1. The van der Waals surface area contributed by atoms with Crippen molar-refractivity contribution >= 4 is 11.7 Å². The number of amides is 2. The summed E-state index contributed by atoms with van der Waals surface area (Å²) >= 11 is 0. The standard InChI is InChI=1S/C21H23F2N3O/c22-15-7-5-14(6-8-15)13-26-17-9-10-18(26)12-16(11-17)24-21(27)25-20-4-2-1-3-19(20)23/h1-8,16-18H,9-13H2,(H2,24,25,27)/p+1/t16?,17-,18+. The second-order valence-corrected chi connectivity index (χ2v) is 7.60. The van der Waals surface area contributed by atoms with Crippen LogP contribution in [0.2, 0.25) is 0 Å². The fraction of sp³-hybridized carbons (Fsp3) is 0.381. The van der Waals surface area contributed by atoms with Crippen molar-refractivity contribution in [2.75, 3.05) is 5.32 Å². The minimum atomic E-state index is -0.439. The van der Waals surface area contributed by atoms with Gasteiger partial charge in [-0.25, -0.2) is 13.6 Å². The summed E-state index contributed by atoms with van der Waals surface area (Å²) in [6.45, 7) is 0.893. The maximum atomic E-state index is 13.7. The third-order valence-corrected chi connectivity index (χ3v) is 5.83. The first-order valence-corrected chi connectivity index (χ1v) is 9.50. The predicted molar refractivity (Wildman–Crippen MR) is 99.5 cm³/mol. The molecule has 6 heteroatoms. The number of hydrogen-bond donors (Lipinski definition) is 3. The zero-order chi connectivity index (χ0) is 18.8. The van der Waals surface area contributed by atoms with Crippen LogP contribution in [-0.2, 0) is 6.54 Å². The molecule has 0 saturated carbocycles. The molecule has 0 aliphatic carbocycles. The van der Waals surface area contributed by atoms with Crippen LogP contribution in [0.25, 0.3) is 0 Å². The largest absolute Gasteiger partial charge is 0.335 e. The van der Waals surface area contributed by atoms with Crippen LogP contribution in [0.1, 0.15) is 31.2 Å². The molecular weight excluding hydrogens is 348 g/mol. The van der Waals surface area contributed by atoms with E-state index in [9.17, 15) is 13.6 Å². The van der Waals surface area contributed by atoms with Gasteiger partial charge in [0.05, 0.1) is 17.8 Å². The number of nitrogens with one attached hydrogen (secondary N) is 3. The Bertz CT molecular complexity index is 797. The van der Waals surface area contributed by atoms with E-state index in [4.69, 9.17) is 0 Å². The van der Waals surface area contributed by atoms with Crippen molar-refractivity contribution in [1.82, 2.24) is 5.32 Å². The summed E-state index contributed by atoms with van der Waals surface area (Å²) in [7, 11) is 0. The third-order valence-electron chi connectivity index (χ3n) is 5.83. The summed E-state index contributed by atoms with van der Waals surface area (Å²) in [4.78, 5) is 13.8. The predicted octanol–water partition coefficient (Wildman–Crippen LogP) is 2.86. The van der Waals surface area contributed by atoms with Gasteiger partial charge in [-0.1, -0.05) is 24.3 Å². The summed E-state index contributed by atoms with van der Waals surface area (Å²) in [5, 5.41) is 5.60. The molecule has 27 heavy (non-hydrogen) atoms. The molecule has 2 aromatic carbocycles. The van der Waals surface area contributed by atoms with E-state index in [1.165, 1.54) is 23.1 Å². The summed E-state index contributed by atoms with van der Waals surface area (Å²) in [5.41, 5.74) is 1.34. The summed E-state index contributed by atoms with van der Waals surface area (Å²) in [6, 6.07) is 13.6. The Kier molecular flexibility index (Phi) is 5.07. The number of hydrogen-bond acceptors (Lipinski definition) is 1. The number of carbonyl (C=O) groups excluding carboxylic acids is 1. The second kappa shape index (κ2) is 7.64. The van der Waals surface area contributed by atoms with Gasteiger partial charge in [0, 0.05) is 37.3 Å². The zero-order valence-electron chi connectivity index (χ0n) is 15.1. The Hall–Kier alpha value is -2.47. The van der Waals surface area contributed by atoms with Crippen LogP contribution in [0.15, 0.2) is 48.5 Å². The van der Waals surface area contributed by atoms with Crippen LogP contribution in [-0.4, -0.2) is 24.2 Å². The van der Waals surface area contributed by atoms with E-state index < -0.39 is 5.82 Å². The van der Waals surface area contributed by atoms with Crippen LogP contribution in [0.3, 0.4) is 0 Å². The lowest BCUT2D eigenvalue weighted by atomic mass is 9.96. The number of rotatable bonds is 4. The lowest BCUT2D eigenvalue weighted by molar-refractivity contribution is -0.954. The molecule has 3 N–H and O–H groups in total. The number of halogens is 2. The van der Waals surface area contributed by atoms with Crippen molar-refractivity contribution < 1.29 is 18.5 Å². The van der Waals surface area contributed by atoms with Gasteiger partial charge in [-0.15, -0.1) is 0 Å². The highest BCUT2D eigenvalue weighted by Gasteiger charge is 2.44. The molecule has 0 spiro atoms. The Balaban J connectivity index is 1.33. The Labute approximate surface area is 157 Å². The summed E-state index contributed by atoms with van der Waals surface area (Å²) in [6.07, 6.45) is 4.12. The Morgan fingerprint density at radius 3 is 2.33 bits per heavy atom. The van der Waals surface area contributed by atoms with Crippen molar-refractivity contribution in [2.24, 2.45) is 0 Å². The molecule has 4 nitrogen and oxygen atoms in total. The molecule has 4 rings (SSSR count). The molecule has 4 atom stereocenters. The normalized spacial score (nSPS) is 26.6. The SMILES string of the molecule is O=C(Nc1ccccc1F)NC1C[C@H]2CC[C@@H](C1)[NH+]2Cc1ccc(F)cc1. The van der Waals surface area contributed by atoms with Crippen LogP contribution in [0, 0.1) is 11.6 Å². The van der Waals surface area contributed by atoms with Crippen LogP contribution >= 0.6 is 0 Å². The maximum Gasteiger partial charge on any atom is 0.319 e. The van der Waals surface area contributed by atoms with E-state index in [-0.39, 0.29) is 23.6 Å². The van der Waals surface area contributed by atoms with Gasteiger partial charge in [0.1, 0.15) is 18.2 Å². The molecule has 2 heterocycles. The van der Waals surface area contributed by atoms with E-state index in [1.54, 1.807) is 18.2 Å².